The molecule has 1 amide bonds. The van der Waals surface area contributed by atoms with E-state index in [9.17, 15) is 4.79 Å². The van der Waals surface area contributed by atoms with Crippen molar-refractivity contribution >= 4 is 5.91 Å². The van der Waals surface area contributed by atoms with Gasteiger partial charge < -0.3 is 9.42 Å². The SMILES string of the molecule is CN(CC(=O)N(C)Cc1cc(-c2ccncc2)no1)Cc1cccnc1. The third kappa shape index (κ3) is 4.73. The number of likely N-dealkylation sites (N-methyl/N-ethyl adjacent to an activating group) is 2. The van der Waals surface area contributed by atoms with Crippen LogP contribution in [0.3, 0.4) is 0 Å². The number of rotatable bonds is 7. The monoisotopic (exact) mass is 351 g/mol. The highest BCUT2D eigenvalue weighted by Gasteiger charge is 2.15. The molecule has 0 unspecified atom stereocenters. The Morgan fingerprint density at radius 1 is 1.08 bits per heavy atom. The minimum absolute atomic E-state index is 0.0123. The van der Waals surface area contributed by atoms with Gasteiger partial charge in [0.25, 0.3) is 0 Å². The second-order valence-electron chi connectivity index (χ2n) is 6.20. The Labute approximate surface area is 152 Å². The first kappa shape index (κ1) is 17.8. The number of carbonyl (C=O) groups excluding carboxylic acids is 1. The molecule has 3 aromatic rings. The molecule has 0 aliphatic rings. The van der Waals surface area contributed by atoms with E-state index in [-0.39, 0.29) is 5.91 Å². The molecule has 0 saturated heterocycles. The van der Waals surface area contributed by atoms with Crippen molar-refractivity contribution < 1.29 is 9.32 Å². The van der Waals surface area contributed by atoms with Crippen LogP contribution in [0.1, 0.15) is 11.3 Å². The van der Waals surface area contributed by atoms with Gasteiger partial charge in [0, 0.05) is 50.0 Å². The Morgan fingerprint density at radius 3 is 2.62 bits per heavy atom. The number of hydrogen-bond acceptors (Lipinski definition) is 6. The van der Waals surface area contributed by atoms with Gasteiger partial charge in [-0.3, -0.25) is 19.7 Å². The molecule has 134 valence electrons. The number of aromatic nitrogens is 3. The maximum absolute atomic E-state index is 12.4. The van der Waals surface area contributed by atoms with Crippen LogP contribution in [0.15, 0.2) is 59.6 Å². The van der Waals surface area contributed by atoms with Crippen LogP contribution in [0.25, 0.3) is 11.3 Å². The summed E-state index contributed by atoms with van der Waals surface area (Å²) in [5, 5.41) is 4.06. The lowest BCUT2D eigenvalue weighted by atomic mass is 10.2. The summed E-state index contributed by atoms with van der Waals surface area (Å²) < 4.78 is 5.35. The molecule has 7 nitrogen and oxygen atoms in total. The van der Waals surface area contributed by atoms with Crippen LogP contribution in [0.5, 0.6) is 0 Å². The van der Waals surface area contributed by atoms with Gasteiger partial charge in [0.2, 0.25) is 5.91 Å². The van der Waals surface area contributed by atoms with Crippen LogP contribution in [0.2, 0.25) is 0 Å². The van der Waals surface area contributed by atoms with E-state index in [2.05, 4.69) is 15.1 Å². The topological polar surface area (TPSA) is 75.4 Å². The molecule has 0 bridgehead atoms. The molecule has 0 spiro atoms. The van der Waals surface area contributed by atoms with Gasteiger partial charge in [0.15, 0.2) is 5.76 Å². The summed E-state index contributed by atoms with van der Waals surface area (Å²) in [6, 6.07) is 9.46. The third-order valence-corrected chi connectivity index (χ3v) is 3.93. The van der Waals surface area contributed by atoms with Crippen molar-refractivity contribution in [3.8, 4) is 11.3 Å². The normalized spacial score (nSPS) is 10.9. The summed E-state index contributed by atoms with van der Waals surface area (Å²) in [6.45, 7) is 1.36. The molecule has 0 N–H and O–H groups in total. The van der Waals surface area contributed by atoms with Gasteiger partial charge >= 0.3 is 0 Å². The minimum Gasteiger partial charge on any atom is -0.359 e. The van der Waals surface area contributed by atoms with Crippen molar-refractivity contribution in [1.82, 2.24) is 24.9 Å². The van der Waals surface area contributed by atoms with E-state index in [1.54, 1.807) is 36.7 Å². The van der Waals surface area contributed by atoms with Gasteiger partial charge in [-0.1, -0.05) is 11.2 Å². The van der Waals surface area contributed by atoms with Crippen molar-refractivity contribution in [2.75, 3.05) is 20.6 Å². The number of hydrogen-bond donors (Lipinski definition) is 0. The van der Waals surface area contributed by atoms with E-state index >= 15 is 0 Å². The fourth-order valence-corrected chi connectivity index (χ4v) is 2.58. The maximum Gasteiger partial charge on any atom is 0.236 e. The molecule has 0 fully saturated rings. The Balaban J connectivity index is 1.53. The summed E-state index contributed by atoms with van der Waals surface area (Å²) in [6.07, 6.45) is 6.95. The highest BCUT2D eigenvalue weighted by Crippen LogP contribution is 2.18. The number of pyridine rings is 2. The molecular weight excluding hydrogens is 330 g/mol. The van der Waals surface area contributed by atoms with Crippen LogP contribution in [0, 0.1) is 0 Å². The average Bonchev–Trinajstić information content (AvgIpc) is 3.11. The molecule has 0 radical (unpaired) electrons. The van der Waals surface area contributed by atoms with Crippen molar-refractivity contribution in [3.63, 3.8) is 0 Å². The average molecular weight is 351 g/mol. The van der Waals surface area contributed by atoms with E-state index in [1.807, 2.05) is 42.3 Å². The van der Waals surface area contributed by atoms with Crippen LogP contribution < -0.4 is 0 Å². The molecule has 3 heterocycles. The zero-order chi connectivity index (χ0) is 18.4. The van der Waals surface area contributed by atoms with Gasteiger partial charge in [-0.2, -0.15) is 0 Å². The van der Waals surface area contributed by atoms with E-state index in [4.69, 9.17) is 4.52 Å². The smallest absolute Gasteiger partial charge is 0.236 e. The molecule has 3 aromatic heterocycles. The first-order valence-electron chi connectivity index (χ1n) is 8.29. The molecule has 26 heavy (non-hydrogen) atoms. The second kappa shape index (κ2) is 8.35. The minimum atomic E-state index is 0.0123. The lowest BCUT2D eigenvalue weighted by Crippen LogP contribution is -2.35. The van der Waals surface area contributed by atoms with Gasteiger partial charge in [0.1, 0.15) is 5.69 Å². The predicted octanol–water partition coefficient (Wildman–Crippen LogP) is 2.22. The molecule has 0 aliphatic heterocycles. The second-order valence-corrected chi connectivity index (χ2v) is 6.20. The maximum atomic E-state index is 12.4. The molecule has 0 aromatic carbocycles. The summed E-state index contributed by atoms with van der Waals surface area (Å²) in [4.78, 5) is 24.1. The summed E-state index contributed by atoms with van der Waals surface area (Å²) in [5.41, 5.74) is 2.74. The highest BCUT2D eigenvalue weighted by molar-refractivity contribution is 5.77. The van der Waals surface area contributed by atoms with Gasteiger partial charge in [-0.15, -0.1) is 0 Å². The number of carbonyl (C=O) groups is 1. The van der Waals surface area contributed by atoms with Gasteiger partial charge in [0.05, 0.1) is 13.1 Å². The van der Waals surface area contributed by atoms with Gasteiger partial charge in [-0.05, 0) is 30.8 Å². The van der Waals surface area contributed by atoms with Crippen LogP contribution >= 0.6 is 0 Å². The van der Waals surface area contributed by atoms with Crippen LogP contribution in [-0.4, -0.2) is 51.5 Å². The van der Waals surface area contributed by atoms with Crippen molar-refractivity contribution in [1.29, 1.82) is 0 Å². The first-order valence-corrected chi connectivity index (χ1v) is 8.29. The molecule has 0 aliphatic carbocycles. The summed E-state index contributed by atoms with van der Waals surface area (Å²) in [5.74, 6) is 0.654. The quantitative estimate of drug-likeness (QED) is 0.650. The fourth-order valence-electron chi connectivity index (χ4n) is 2.58. The lowest BCUT2D eigenvalue weighted by Gasteiger charge is -2.21. The summed E-state index contributed by atoms with van der Waals surface area (Å²) in [7, 11) is 3.67. The van der Waals surface area contributed by atoms with E-state index in [0.717, 1.165) is 16.8 Å². The largest absolute Gasteiger partial charge is 0.359 e. The Kier molecular flexibility index (Phi) is 5.70. The summed E-state index contributed by atoms with van der Waals surface area (Å²) >= 11 is 0. The molecule has 0 saturated carbocycles. The zero-order valence-electron chi connectivity index (χ0n) is 14.9. The van der Waals surface area contributed by atoms with Crippen LogP contribution in [-0.2, 0) is 17.9 Å². The fraction of sp³-hybridized carbons (Fsp3) is 0.263. The van der Waals surface area contributed by atoms with Crippen LogP contribution in [0.4, 0.5) is 0 Å². The Bertz CT molecular complexity index is 835. The van der Waals surface area contributed by atoms with Gasteiger partial charge in [-0.25, -0.2) is 0 Å². The highest BCUT2D eigenvalue weighted by atomic mass is 16.5. The standard InChI is InChI=1S/C19H21N5O2/c1-23(12-15-4-3-7-21-11-15)14-19(25)24(2)13-17-10-18(22-26-17)16-5-8-20-9-6-16/h3-11H,12-14H2,1-2H3. The molecular formula is C19H21N5O2. The van der Waals surface area contributed by atoms with Crippen molar-refractivity contribution in [2.24, 2.45) is 0 Å². The van der Waals surface area contributed by atoms with Crippen molar-refractivity contribution in [2.45, 2.75) is 13.1 Å². The Hall–Kier alpha value is -3.06. The Morgan fingerprint density at radius 2 is 1.88 bits per heavy atom. The predicted molar refractivity (Wildman–Crippen MR) is 96.8 cm³/mol. The number of amides is 1. The number of nitrogens with zero attached hydrogens (tertiary/aromatic N) is 5. The van der Waals surface area contributed by atoms with E-state index in [1.165, 1.54) is 0 Å². The van der Waals surface area contributed by atoms with E-state index < -0.39 is 0 Å². The molecule has 3 rings (SSSR count). The molecule has 7 heteroatoms. The van der Waals surface area contributed by atoms with E-state index in [0.29, 0.717) is 25.4 Å². The third-order valence-electron chi connectivity index (χ3n) is 3.93. The first-order chi connectivity index (χ1) is 12.6. The van der Waals surface area contributed by atoms with Crippen molar-refractivity contribution in [3.05, 3.63) is 66.4 Å². The molecule has 0 atom stereocenters. The zero-order valence-corrected chi connectivity index (χ0v) is 14.9. The lowest BCUT2D eigenvalue weighted by molar-refractivity contribution is -0.131.